The number of ether oxygens (including phenoxy) is 2. The topological polar surface area (TPSA) is 88.1 Å². The average molecular weight is 289 g/mol. The zero-order valence-corrected chi connectivity index (χ0v) is 12.2. The van der Waals surface area contributed by atoms with E-state index in [1.165, 1.54) is 0 Å². The molecular weight excluding hydrogens is 270 g/mol. The lowest BCUT2D eigenvalue weighted by Gasteiger charge is -2.14. The van der Waals surface area contributed by atoms with Crippen molar-refractivity contribution in [2.75, 3.05) is 20.0 Å². The maximum Gasteiger partial charge on any atom is 0.186 e. The van der Waals surface area contributed by atoms with Gasteiger partial charge in [-0.15, -0.1) is 5.10 Å². The van der Waals surface area contributed by atoms with Crippen LogP contribution in [0.15, 0.2) is 18.2 Å². The Balaban J connectivity index is 1.98. The van der Waals surface area contributed by atoms with Gasteiger partial charge in [0.25, 0.3) is 0 Å². The third-order valence-electron chi connectivity index (χ3n) is 4.02. The van der Waals surface area contributed by atoms with Gasteiger partial charge in [0, 0.05) is 7.11 Å². The van der Waals surface area contributed by atoms with E-state index in [0.29, 0.717) is 17.3 Å². The highest BCUT2D eigenvalue weighted by molar-refractivity contribution is 5.73. The summed E-state index contributed by atoms with van der Waals surface area (Å²) in [6, 6.07) is 5.83. The second kappa shape index (κ2) is 5.69. The van der Waals surface area contributed by atoms with E-state index in [4.69, 9.17) is 15.2 Å². The molecule has 0 bridgehead atoms. The number of hydrogen-bond acceptors (Lipinski definition) is 6. The van der Waals surface area contributed by atoms with Gasteiger partial charge in [0.1, 0.15) is 0 Å². The maximum absolute atomic E-state index is 5.96. The highest BCUT2D eigenvalue weighted by atomic mass is 16.5. The second-order valence-electron chi connectivity index (χ2n) is 5.20. The van der Waals surface area contributed by atoms with Gasteiger partial charge < -0.3 is 15.2 Å². The highest BCUT2D eigenvalue weighted by Crippen LogP contribution is 2.37. The number of nitrogen functional groups attached to an aromatic ring is 1. The van der Waals surface area contributed by atoms with Crippen LogP contribution in [0.3, 0.4) is 0 Å². The van der Waals surface area contributed by atoms with Crippen molar-refractivity contribution in [2.24, 2.45) is 0 Å². The number of methoxy groups -OCH3 is 2. The molecule has 2 atom stereocenters. The third-order valence-corrected chi connectivity index (χ3v) is 4.02. The summed E-state index contributed by atoms with van der Waals surface area (Å²) in [4.78, 5) is 0. The lowest BCUT2D eigenvalue weighted by Crippen LogP contribution is -2.12. The summed E-state index contributed by atoms with van der Waals surface area (Å²) in [7, 11) is 3.34. The molecule has 3 rings (SSSR count). The number of tetrazole rings is 1. The van der Waals surface area contributed by atoms with Crippen LogP contribution in [0.4, 0.5) is 5.69 Å². The van der Waals surface area contributed by atoms with Crippen molar-refractivity contribution in [2.45, 2.75) is 31.4 Å². The molecule has 1 saturated carbocycles. The van der Waals surface area contributed by atoms with Crippen molar-refractivity contribution in [3.63, 3.8) is 0 Å². The molecule has 21 heavy (non-hydrogen) atoms. The summed E-state index contributed by atoms with van der Waals surface area (Å²) < 4.78 is 12.7. The van der Waals surface area contributed by atoms with Crippen LogP contribution >= 0.6 is 0 Å². The minimum Gasteiger partial charge on any atom is -0.494 e. The quantitative estimate of drug-likeness (QED) is 0.861. The molecule has 7 heteroatoms. The molecule has 1 heterocycles. The van der Waals surface area contributed by atoms with Crippen LogP contribution in [0.5, 0.6) is 5.75 Å². The molecule has 112 valence electrons. The first-order valence-electron chi connectivity index (χ1n) is 6.98. The van der Waals surface area contributed by atoms with E-state index < -0.39 is 0 Å². The lowest BCUT2D eigenvalue weighted by molar-refractivity contribution is 0.105. The van der Waals surface area contributed by atoms with Crippen LogP contribution in [0.1, 0.15) is 25.3 Å². The number of nitrogens with two attached hydrogens (primary N) is 1. The van der Waals surface area contributed by atoms with Crippen LogP contribution in [0.25, 0.3) is 11.4 Å². The fourth-order valence-electron chi connectivity index (χ4n) is 2.93. The molecule has 0 spiro atoms. The predicted octanol–water partition coefficient (Wildman–Crippen LogP) is 1.67. The number of para-hydroxylation sites is 1. The summed E-state index contributed by atoms with van der Waals surface area (Å²) in [6.07, 6.45) is 3.21. The normalized spacial score (nSPS) is 21.6. The first kappa shape index (κ1) is 13.8. The van der Waals surface area contributed by atoms with Gasteiger partial charge in [0.2, 0.25) is 0 Å². The standard InChI is InChI=1S/C14H19N5O2/c1-20-10-7-6-9(8-10)19-14(16-17-18-19)11-4-3-5-12(15)13(11)21-2/h3-5,9-10H,6-8,15H2,1-2H3. The zero-order chi connectivity index (χ0) is 14.8. The molecule has 2 N–H and O–H groups in total. The molecule has 1 aromatic carbocycles. The molecule has 0 radical (unpaired) electrons. The monoisotopic (exact) mass is 289 g/mol. The Hall–Kier alpha value is -2.15. The minimum absolute atomic E-state index is 0.242. The molecule has 0 saturated heterocycles. The molecule has 0 aliphatic heterocycles. The Morgan fingerprint density at radius 1 is 1.29 bits per heavy atom. The van der Waals surface area contributed by atoms with Gasteiger partial charge in [0.15, 0.2) is 11.6 Å². The molecule has 0 amide bonds. The Kier molecular flexibility index (Phi) is 3.74. The van der Waals surface area contributed by atoms with Crippen LogP contribution in [0, 0.1) is 0 Å². The van der Waals surface area contributed by atoms with E-state index in [2.05, 4.69) is 15.5 Å². The maximum atomic E-state index is 5.96. The Morgan fingerprint density at radius 3 is 2.86 bits per heavy atom. The summed E-state index contributed by atoms with van der Waals surface area (Å²) in [5.74, 6) is 1.29. The first-order chi connectivity index (χ1) is 10.2. The Labute approximate surface area is 123 Å². The van der Waals surface area contributed by atoms with E-state index in [9.17, 15) is 0 Å². The SMILES string of the molecule is COc1c(N)cccc1-c1nnnn1C1CCC(OC)C1. The van der Waals surface area contributed by atoms with Crippen molar-refractivity contribution in [3.05, 3.63) is 18.2 Å². The van der Waals surface area contributed by atoms with Crippen LogP contribution in [-0.4, -0.2) is 40.5 Å². The second-order valence-corrected chi connectivity index (χ2v) is 5.20. The van der Waals surface area contributed by atoms with E-state index >= 15 is 0 Å². The zero-order valence-electron chi connectivity index (χ0n) is 12.2. The fourth-order valence-corrected chi connectivity index (χ4v) is 2.93. The van der Waals surface area contributed by atoms with E-state index in [1.54, 1.807) is 20.3 Å². The van der Waals surface area contributed by atoms with Crippen molar-refractivity contribution in [1.82, 2.24) is 20.2 Å². The minimum atomic E-state index is 0.242. The number of hydrogen-bond donors (Lipinski definition) is 1. The molecule has 1 aliphatic rings. The fraction of sp³-hybridized carbons (Fsp3) is 0.500. The van der Waals surface area contributed by atoms with Crippen LogP contribution < -0.4 is 10.5 Å². The highest BCUT2D eigenvalue weighted by Gasteiger charge is 2.29. The van der Waals surface area contributed by atoms with E-state index in [-0.39, 0.29) is 12.1 Å². The van der Waals surface area contributed by atoms with E-state index in [0.717, 1.165) is 24.8 Å². The summed E-state index contributed by atoms with van der Waals surface area (Å²) >= 11 is 0. The summed E-state index contributed by atoms with van der Waals surface area (Å²) in [5, 5.41) is 12.1. The van der Waals surface area contributed by atoms with Gasteiger partial charge >= 0.3 is 0 Å². The van der Waals surface area contributed by atoms with Gasteiger partial charge in [-0.05, 0) is 41.8 Å². The van der Waals surface area contributed by atoms with Gasteiger partial charge in [0.05, 0.1) is 30.5 Å². The van der Waals surface area contributed by atoms with Crippen LogP contribution in [-0.2, 0) is 4.74 Å². The van der Waals surface area contributed by atoms with Crippen molar-refractivity contribution >= 4 is 5.69 Å². The molecule has 2 aromatic rings. The van der Waals surface area contributed by atoms with Crippen molar-refractivity contribution < 1.29 is 9.47 Å². The first-order valence-corrected chi connectivity index (χ1v) is 6.98. The third kappa shape index (κ3) is 2.44. The molecule has 2 unspecified atom stereocenters. The smallest absolute Gasteiger partial charge is 0.186 e. The molecule has 1 aliphatic carbocycles. The largest absolute Gasteiger partial charge is 0.494 e. The molecule has 7 nitrogen and oxygen atoms in total. The summed E-state index contributed by atoms with van der Waals surface area (Å²) in [5.41, 5.74) is 7.35. The number of aromatic nitrogens is 4. The number of anilines is 1. The van der Waals surface area contributed by atoms with Crippen LogP contribution in [0.2, 0.25) is 0 Å². The van der Waals surface area contributed by atoms with Gasteiger partial charge in [-0.2, -0.15) is 0 Å². The van der Waals surface area contributed by atoms with E-state index in [1.807, 2.05) is 16.8 Å². The Bertz CT molecular complexity index is 628. The summed E-state index contributed by atoms with van der Waals surface area (Å²) in [6.45, 7) is 0. The van der Waals surface area contributed by atoms with Crippen molar-refractivity contribution in [1.29, 1.82) is 0 Å². The van der Waals surface area contributed by atoms with Gasteiger partial charge in [-0.3, -0.25) is 0 Å². The molecular formula is C14H19N5O2. The predicted molar refractivity (Wildman–Crippen MR) is 77.9 cm³/mol. The molecule has 1 fully saturated rings. The number of nitrogens with zero attached hydrogens (tertiary/aromatic N) is 4. The number of rotatable bonds is 4. The Morgan fingerprint density at radius 2 is 2.14 bits per heavy atom. The lowest BCUT2D eigenvalue weighted by atomic mass is 10.1. The number of benzene rings is 1. The van der Waals surface area contributed by atoms with Gasteiger partial charge in [-0.1, -0.05) is 6.07 Å². The average Bonchev–Trinajstić information content (AvgIpc) is 3.15. The van der Waals surface area contributed by atoms with Gasteiger partial charge in [-0.25, -0.2) is 4.68 Å². The molecule has 1 aromatic heterocycles. The van der Waals surface area contributed by atoms with Crippen molar-refractivity contribution in [3.8, 4) is 17.1 Å².